The second kappa shape index (κ2) is 17.7. The number of aromatic hydroxyl groups is 1. The number of amides is 4. The number of phenols is 1. The Morgan fingerprint density at radius 3 is 1.86 bits per heavy atom. The van der Waals surface area contributed by atoms with Crippen LogP contribution >= 0.6 is 0 Å². The number of nitrogens with zero attached hydrogens (tertiary/aromatic N) is 1. The molecule has 4 amide bonds. The summed E-state index contributed by atoms with van der Waals surface area (Å²) in [6, 6.07) is 9.74. The Balaban J connectivity index is 2.26. The molecule has 0 spiro atoms. The highest BCUT2D eigenvalue weighted by molar-refractivity contribution is 5.94. The largest absolute Gasteiger partial charge is 0.508 e. The average molecular weight is 613 g/mol. The minimum Gasteiger partial charge on any atom is -0.508 e. The van der Waals surface area contributed by atoms with E-state index in [4.69, 9.17) is 22.9 Å². The number of carboxylic acid groups (broad SMARTS) is 1. The van der Waals surface area contributed by atoms with Gasteiger partial charge in [-0.05, 0) is 42.5 Å². The van der Waals surface area contributed by atoms with Crippen LogP contribution in [0.1, 0.15) is 36.8 Å². The van der Waals surface area contributed by atoms with Crippen molar-refractivity contribution in [2.45, 2.75) is 62.7 Å². The number of aliphatic carboxylic acids is 1. The maximum Gasteiger partial charge on any atom is 0.326 e. The average Bonchev–Trinajstić information content (AvgIpc) is 2.97. The molecule has 0 aliphatic rings. The lowest BCUT2D eigenvalue weighted by atomic mass is 10.0. The molecule has 238 valence electrons. The van der Waals surface area contributed by atoms with E-state index in [1.165, 1.54) is 24.3 Å². The van der Waals surface area contributed by atoms with Crippen molar-refractivity contribution in [2.24, 2.45) is 27.9 Å². The van der Waals surface area contributed by atoms with Crippen LogP contribution in [0.15, 0.2) is 59.6 Å². The molecule has 2 aromatic carbocycles. The first-order valence-corrected chi connectivity index (χ1v) is 13.9. The van der Waals surface area contributed by atoms with E-state index in [0.29, 0.717) is 11.1 Å². The number of nitrogens with two attached hydrogens (primary N) is 4. The van der Waals surface area contributed by atoms with Gasteiger partial charge in [-0.2, -0.15) is 0 Å². The first-order chi connectivity index (χ1) is 20.8. The van der Waals surface area contributed by atoms with Crippen LogP contribution in [0.25, 0.3) is 0 Å². The van der Waals surface area contributed by atoms with Crippen molar-refractivity contribution in [3.8, 4) is 5.75 Å². The lowest BCUT2D eigenvalue weighted by Crippen LogP contribution is -2.57. The number of benzene rings is 2. The van der Waals surface area contributed by atoms with Crippen LogP contribution in [-0.2, 0) is 36.8 Å². The van der Waals surface area contributed by atoms with E-state index in [1.807, 2.05) is 0 Å². The van der Waals surface area contributed by atoms with Crippen molar-refractivity contribution in [3.05, 3.63) is 65.7 Å². The fraction of sp³-hybridized carbons (Fsp3) is 0.379. The zero-order chi connectivity index (χ0) is 32.6. The summed E-state index contributed by atoms with van der Waals surface area (Å²) in [5.41, 5.74) is 23.0. The van der Waals surface area contributed by atoms with E-state index in [9.17, 15) is 34.2 Å². The second-order valence-corrected chi connectivity index (χ2v) is 10.1. The smallest absolute Gasteiger partial charge is 0.326 e. The van der Waals surface area contributed by atoms with Crippen LogP contribution in [0.2, 0.25) is 0 Å². The SMILES string of the molecule is NC(=O)CCC(N)C(=O)NC(CCCN=C(N)N)C(=O)NC(Cc1ccccc1)C(=O)NC(Cc1ccc(O)cc1)C(=O)O. The first kappa shape index (κ1) is 35.0. The van der Waals surface area contributed by atoms with E-state index in [-0.39, 0.29) is 56.8 Å². The number of phenolic OH excluding ortho intramolecular Hbond substituents is 1. The van der Waals surface area contributed by atoms with Crippen molar-refractivity contribution in [3.63, 3.8) is 0 Å². The van der Waals surface area contributed by atoms with E-state index < -0.39 is 53.8 Å². The molecule has 0 aromatic heterocycles. The molecule has 0 radical (unpaired) electrons. The molecule has 2 rings (SSSR count). The maximum absolute atomic E-state index is 13.5. The highest BCUT2D eigenvalue weighted by atomic mass is 16.4. The molecular formula is C29H40N8O7. The monoisotopic (exact) mass is 612 g/mol. The summed E-state index contributed by atoms with van der Waals surface area (Å²) >= 11 is 0. The topological polar surface area (TPSA) is 278 Å². The molecule has 15 nitrogen and oxygen atoms in total. The number of aliphatic imine (C=N–C) groups is 1. The molecule has 0 saturated carbocycles. The Morgan fingerprint density at radius 2 is 1.27 bits per heavy atom. The molecule has 0 aliphatic heterocycles. The predicted molar refractivity (Wildman–Crippen MR) is 162 cm³/mol. The van der Waals surface area contributed by atoms with Crippen LogP contribution in [-0.4, -0.2) is 76.5 Å². The molecule has 4 atom stereocenters. The van der Waals surface area contributed by atoms with Gasteiger partial charge in [-0.3, -0.25) is 24.2 Å². The van der Waals surface area contributed by atoms with Gasteiger partial charge in [0, 0.05) is 25.8 Å². The molecule has 44 heavy (non-hydrogen) atoms. The fourth-order valence-electron chi connectivity index (χ4n) is 4.15. The molecule has 0 fully saturated rings. The molecule has 4 unspecified atom stereocenters. The van der Waals surface area contributed by atoms with Gasteiger partial charge in [0.15, 0.2) is 5.96 Å². The third-order valence-corrected chi connectivity index (χ3v) is 6.52. The summed E-state index contributed by atoms with van der Waals surface area (Å²) in [7, 11) is 0. The minimum atomic E-state index is -1.35. The number of carbonyl (C=O) groups excluding carboxylic acids is 4. The Hall–Kier alpha value is -5.18. The van der Waals surface area contributed by atoms with Gasteiger partial charge in [-0.15, -0.1) is 0 Å². The highest BCUT2D eigenvalue weighted by Gasteiger charge is 2.30. The van der Waals surface area contributed by atoms with Gasteiger partial charge in [0.2, 0.25) is 23.6 Å². The number of hydrogen-bond acceptors (Lipinski definition) is 8. The summed E-state index contributed by atoms with van der Waals surface area (Å²) < 4.78 is 0. The lowest BCUT2D eigenvalue weighted by Gasteiger charge is -2.25. The number of guanidine groups is 1. The molecule has 13 N–H and O–H groups in total. The second-order valence-electron chi connectivity index (χ2n) is 10.1. The first-order valence-electron chi connectivity index (χ1n) is 13.9. The van der Waals surface area contributed by atoms with Crippen molar-refractivity contribution < 1.29 is 34.2 Å². The molecule has 0 saturated heterocycles. The van der Waals surface area contributed by atoms with E-state index >= 15 is 0 Å². The quantitative estimate of drug-likeness (QED) is 0.0526. The van der Waals surface area contributed by atoms with Gasteiger partial charge in [0.05, 0.1) is 6.04 Å². The number of rotatable bonds is 18. The number of primary amides is 1. The number of carbonyl (C=O) groups is 5. The van der Waals surface area contributed by atoms with Crippen molar-refractivity contribution in [1.82, 2.24) is 16.0 Å². The molecule has 0 bridgehead atoms. The molecule has 15 heteroatoms. The van der Waals surface area contributed by atoms with Crippen LogP contribution in [0.5, 0.6) is 5.75 Å². The Morgan fingerprint density at radius 1 is 0.727 bits per heavy atom. The van der Waals surface area contributed by atoms with E-state index in [0.717, 1.165) is 0 Å². The van der Waals surface area contributed by atoms with Crippen LogP contribution in [0.4, 0.5) is 0 Å². The third kappa shape index (κ3) is 12.8. The fourth-order valence-corrected chi connectivity index (χ4v) is 4.15. The van der Waals surface area contributed by atoms with Gasteiger partial charge in [-0.1, -0.05) is 42.5 Å². The molecular weight excluding hydrogens is 572 g/mol. The normalized spacial score (nSPS) is 13.4. The predicted octanol–water partition coefficient (Wildman–Crippen LogP) is -1.64. The van der Waals surface area contributed by atoms with Crippen molar-refractivity contribution >= 4 is 35.6 Å². The van der Waals surface area contributed by atoms with Gasteiger partial charge >= 0.3 is 5.97 Å². The Labute approximate surface area is 254 Å². The molecule has 2 aromatic rings. The van der Waals surface area contributed by atoms with Gasteiger partial charge in [-0.25, -0.2) is 4.79 Å². The van der Waals surface area contributed by atoms with E-state index in [1.54, 1.807) is 30.3 Å². The summed E-state index contributed by atoms with van der Waals surface area (Å²) in [5.74, 6) is -4.29. The molecule has 0 aliphatic carbocycles. The summed E-state index contributed by atoms with van der Waals surface area (Å²) in [6.07, 6.45) is 0.0896. The van der Waals surface area contributed by atoms with Gasteiger partial charge in [0.1, 0.15) is 23.9 Å². The third-order valence-electron chi connectivity index (χ3n) is 6.52. The van der Waals surface area contributed by atoms with Crippen LogP contribution < -0.4 is 38.9 Å². The van der Waals surface area contributed by atoms with Gasteiger partial charge < -0.3 is 49.1 Å². The summed E-state index contributed by atoms with van der Waals surface area (Å²) in [6.45, 7) is 0.154. The van der Waals surface area contributed by atoms with Crippen LogP contribution in [0.3, 0.4) is 0 Å². The standard InChI is InChI=1S/C29H40N8O7/c30-20(12-13-24(31)39)25(40)35-21(7-4-14-34-29(32)33)26(41)36-22(15-17-5-2-1-3-6-17)27(42)37-23(28(43)44)16-18-8-10-19(38)11-9-18/h1-3,5-6,8-11,20-23,38H,4,7,12-16,30H2,(H2,31,39)(H,35,40)(H,36,41)(H,37,42)(H,43,44)(H4,32,33,34). The number of hydrogen-bond donors (Lipinski definition) is 9. The zero-order valence-corrected chi connectivity index (χ0v) is 24.1. The maximum atomic E-state index is 13.5. The zero-order valence-electron chi connectivity index (χ0n) is 24.1. The van der Waals surface area contributed by atoms with Crippen molar-refractivity contribution in [2.75, 3.05) is 6.54 Å². The number of carboxylic acids is 1. The van der Waals surface area contributed by atoms with Gasteiger partial charge in [0.25, 0.3) is 0 Å². The highest BCUT2D eigenvalue weighted by Crippen LogP contribution is 2.12. The Kier molecular flexibility index (Phi) is 14.1. The molecule has 0 heterocycles. The summed E-state index contributed by atoms with van der Waals surface area (Å²) in [4.78, 5) is 66.7. The lowest BCUT2D eigenvalue weighted by molar-refractivity contribution is -0.142. The van der Waals surface area contributed by atoms with E-state index in [2.05, 4.69) is 20.9 Å². The number of nitrogens with one attached hydrogen (secondary N) is 3. The summed E-state index contributed by atoms with van der Waals surface area (Å²) in [5, 5.41) is 27.0. The minimum absolute atomic E-state index is 0.00377. The van der Waals surface area contributed by atoms with Crippen molar-refractivity contribution in [1.29, 1.82) is 0 Å². The van der Waals surface area contributed by atoms with Crippen LogP contribution in [0, 0.1) is 0 Å². The Bertz CT molecular complexity index is 1300.